The van der Waals surface area contributed by atoms with Crippen molar-refractivity contribution in [1.82, 2.24) is 0 Å². The molecule has 0 rings (SSSR count). The van der Waals surface area contributed by atoms with Crippen molar-refractivity contribution in [2.75, 3.05) is 0 Å². The first-order valence-electron chi connectivity index (χ1n) is 8.53. The van der Waals surface area contributed by atoms with Gasteiger partial charge in [-0.3, -0.25) is 0 Å². The molecule has 1 heteroatoms. The van der Waals surface area contributed by atoms with E-state index in [9.17, 15) is 0 Å². The predicted molar refractivity (Wildman–Crippen MR) is 87.8 cm³/mol. The van der Waals surface area contributed by atoms with Crippen LogP contribution < -0.4 is 0 Å². The predicted octanol–water partition coefficient (Wildman–Crippen LogP) is 5.80. The number of rotatable bonds is 13. The highest BCUT2D eigenvalue weighted by atomic mass is 16.2. The Bertz CT molecular complexity index is 297. The summed E-state index contributed by atoms with van der Waals surface area (Å²) in [5.74, 6) is 7.90. The lowest BCUT2D eigenvalue weighted by atomic mass is 10.0. The van der Waals surface area contributed by atoms with Gasteiger partial charge in [-0.15, -0.1) is 0 Å². The molecule has 114 valence electrons. The molecule has 1 nitrogen and oxygen atoms in total. The number of hydrogen-bond donors (Lipinski definition) is 1. The molecule has 0 spiro atoms. The summed E-state index contributed by atoms with van der Waals surface area (Å²) in [6, 6.07) is 0. The Morgan fingerprint density at radius 3 is 1.50 bits per heavy atom. The molecule has 0 atom stereocenters. The maximum absolute atomic E-state index is 8.22. The zero-order valence-corrected chi connectivity index (χ0v) is 13.3. The molecule has 0 aliphatic rings. The standard InChI is InChI=1S/C19H32O/c1-2-3-4-5-6-7-8-9-10-11-12-13-14-15-16-17-18-19-20/h20H,2-15H2,1H3. The highest BCUT2D eigenvalue weighted by Gasteiger charge is 1.93. The van der Waals surface area contributed by atoms with Crippen LogP contribution in [0, 0.1) is 23.9 Å². The minimum Gasteiger partial charge on any atom is -0.461 e. The van der Waals surface area contributed by atoms with Crippen LogP contribution in [-0.4, -0.2) is 5.11 Å². The summed E-state index contributed by atoms with van der Waals surface area (Å²) in [6.07, 6.45) is 20.6. The molecule has 0 aromatic rings. The smallest absolute Gasteiger partial charge is 0.122 e. The van der Waals surface area contributed by atoms with Gasteiger partial charge in [0.05, 0.1) is 0 Å². The second-order valence-electron chi connectivity index (χ2n) is 5.53. The highest BCUT2D eigenvalue weighted by Crippen LogP contribution is 2.12. The molecule has 0 fully saturated rings. The molecule has 0 heterocycles. The maximum atomic E-state index is 8.22. The van der Waals surface area contributed by atoms with Gasteiger partial charge in [0, 0.05) is 12.3 Å². The molecule has 0 unspecified atom stereocenters. The molecular weight excluding hydrogens is 244 g/mol. The molecule has 0 aliphatic heterocycles. The van der Waals surface area contributed by atoms with Gasteiger partial charge in [0.25, 0.3) is 0 Å². The van der Waals surface area contributed by atoms with Crippen LogP contribution in [0.4, 0.5) is 0 Å². The Labute approximate surface area is 126 Å². The van der Waals surface area contributed by atoms with Gasteiger partial charge in [-0.2, -0.15) is 0 Å². The molecule has 0 aliphatic carbocycles. The molecule has 0 bridgehead atoms. The summed E-state index contributed by atoms with van der Waals surface area (Å²) in [6.45, 7) is 2.27. The number of unbranched alkanes of at least 4 members (excludes halogenated alkanes) is 13. The van der Waals surface area contributed by atoms with Gasteiger partial charge in [0.15, 0.2) is 0 Å². The van der Waals surface area contributed by atoms with Crippen LogP contribution in [0.15, 0.2) is 0 Å². The Morgan fingerprint density at radius 1 is 0.600 bits per heavy atom. The number of hydrogen-bond acceptors (Lipinski definition) is 1. The first kappa shape index (κ1) is 18.9. The lowest BCUT2D eigenvalue weighted by molar-refractivity contribution is 0.517. The van der Waals surface area contributed by atoms with Crippen LogP contribution in [0.25, 0.3) is 0 Å². The first-order valence-corrected chi connectivity index (χ1v) is 8.53. The van der Waals surface area contributed by atoms with Gasteiger partial charge < -0.3 is 5.11 Å². The molecule has 0 aromatic heterocycles. The Hall–Kier alpha value is -1.08. The molecular formula is C19H32O. The van der Waals surface area contributed by atoms with E-state index in [2.05, 4.69) is 24.7 Å². The minimum absolute atomic E-state index is 0.909. The van der Waals surface area contributed by atoms with Crippen molar-refractivity contribution >= 4 is 0 Å². The Kier molecular flexibility index (Phi) is 17.0. The maximum Gasteiger partial charge on any atom is 0.122 e. The van der Waals surface area contributed by atoms with Crippen molar-refractivity contribution in [3.63, 3.8) is 0 Å². The highest BCUT2D eigenvalue weighted by molar-refractivity contribution is 5.23. The number of aliphatic hydroxyl groups is 1. The van der Waals surface area contributed by atoms with Gasteiger partial charge in [0.2, 0.25) is 0 Å². The molecule has 20 heavy (non-hydrogen) atoms. The van der Waals surface area contributed by atoms with E-state index in [0.29, 0.717) is 0 Å². The Balaban J connectivity index is 3.02. The van der Waals surface area contributed by atoms with Crippen LogP contribution in [0.1, 0.15) is 96.8 Å². The fourth-order valence-corrected chi connectivity index (χ4v) is 2.37. The fraction of sp³-hybridized carbons (Fsp3) is 0.789. The summed E-state index contributed by atoms with van der Waals surface area (Å²) < 4.78 is 0. The van der Waals surface area contributed by atoms with Crippen LogP contribution in [0.2, 0.25) is 0 Å². The molecule has 1 N–H and O–H groups in total. The van der Waals surface area contributed by atoms with Crippen molar-refractivity contribution in [2.24, 2.45) is 0 Å². The zero-order valence-electron chi connectivity index (χ0n) is 13.3. The average molecular weight is 276 g/mol. The summed E-state index contributed by atoms with van der Waals surface area (Å²) >= 11 is 0. The first-order chi connectivity index (χ1) is 9.91. The van der Waals surface area contributed by atoms with Crippen LogP contribution in [0.5, 0.6) is 0 Å². The third-order valence-electron chi connectivity index (χ3n) is 3.61. The topological polar surface area (TPSA) is 20.2 Å². The van der Waals surface area contributed by atoms with Gasteiger partial charge in [0.1, 0.15) is 6.11 Å². The van der Waals surface area contributed by atoms with E-state index in [1.807, 2.05) is 0 Å². The lowest BCUT2D eigenvalue weighted by Gasteiger charge is -2.02. The summed E-state index contributed by atoms with van der Waals surface area (Å²) in [5.41, 5.74) is 0. The summed E-state index contributed by atoms with van der Waals surface area (Å²) in [7, 11) is 0. The summed E-state index contributed by atoms with van der Waals surface area (Å²) in [4.78, 5) is 0. The van der Waals surface area contributed by atoms with Crippen molar-refractivity contribution in [3.05, 3.63) is 0 Å². The molecule has 0 amide bonds. The van der Waals surface area contributed by atoms with Gasteiger partial charge in [-0.1, -0.05) is 89.9 Å². The van der Waals surface area contributed by atoms with Crippen molar-refractivity contribution < 1.29 is 5.11 Å². The normalized spacial score (nSPS) is 9.45. The van der Waals surface area contributed by atoms with Crippen molar-refractivity contribution in [1.29, 1.82) is 0 Å². The monoisotopic (exact) mass is 276 g/mol. The molecule has 0 saturated heterocycles. The fourth-order valence-electron chi connectivity index (χ4n) is 2.37. The van der Waals surface area contributed by atoms with E-state index in [1.165, 1.54) is 77.0 Å². The third kappa shape index (κ3) is 16.9. The molecule has 0 aromatic carbocycles. The third-order valence-corrected chi connectivity index (χ3v) is 3.61. The van der Waals surface area contributed by atoms with Crippen LogP contribution in [0.3, 0.4) is 0 Å². The SMILES string of the molecule is CCCCCCCCCCCCCCCC#CC#CO. The van der Waals surface area contributed by atoms with Crippen LogP contribution in [-0.2, 0) is 0 Å². The van der Waals surface area contributed by atoms with Gasteiger partial charge >= 0.3 is 0 Å². The van der Waals surface area contributed by atoms with E-state index in [4.69, 9.17) is 5.11 Å². The largest absolute Gasteiger partial charge is 0.461 e. The average Bonchev–Trinajstić information content (AvgIpc) is 2.47. The molecule has 0 radical (unpaired) electrons. The van der Waals surface area contributed by atoms with Crippen LogP contribution >= 0.6 is 0 Å². The lowest BCUT2D eigenvalue weighted by Crippen LogP contribution is -1.82. The summed E-state index contributed by atoms with van der Waals surface area (Å²) in [5, 5.41) is 8.22. The Morgan fingerprint density at radius 2 is 1.05 bits per heavy atom. The quantitative estimate of drug-likeness (QED) is 0.333. The van der Waals surface area contributed by atoms with E-state index in [-0.39, 0.29) is 0 Å². The van der Waals surface area contributed by atoms with Gasteiger partial charge in [-0.25, -0.2) is 0 Å². The van der Waals surface area contributed by atoms with E-state index in [0.717, 1.165) is 12.8 Å². The second-order valence-corrected chi connectivity index (χ2v) is 5.53. The molecule has 0 saturated carbocycles. The van der Waals surface area contributed by atoms with Crippen molar-refractivity contribution in [2.45, 2.75) is 96.8 Å². The number of aliphatic hydroxyl groups excluding tert-OH is 1. The van der Waals surface area contributed by atoms with E-state index < -0.39 is 0 Å². The zero-order chi connectivity index (χ0) is 14.7. The van der Waals surface area contributed by atoms with Gasteiger partial charge in [-0.05, 0) is 12.3 Å². The second kappa shape index (κ2) is 17.9. The minimum atomic E-state index is 0.909. The van der Waals surface area contributed by atoms with E-state index in [1.54, 1.807) is 6.11 Å². The van der Waals surface area contributed by atoms with E-state index >= 15 is 0 Å². The van der Waals surface area contributed by atoms with Crippen molar-refractivity contribution in [3.8, 4) is 23.9 Å².